The number of fused-ring (bicyclic) bond motifs is 3. The second-order valence-electron chi connectivity index (χ2n) is 13.2. The van der Waals surface area contributed by atoms with Crippen LogP contribution in [0.5, 0.6) is 0 Å². The first-order valence-electron chi connectivity index (χ1n) is 15.9. The fraction of sp³-hybridized carbons (Fsp3) is 0.214. The predicted octanol–water partition coefficient (Wildman–Crippen LogP) is 11.1. The van der Waals surface area contributed by atoms with Crippen LogP contribution in [0.15, 0.2) is 85.1 Å². The summed E-state index contributed by atoms with van der Waals surface area (Å²) in [6, 6.07) is 29.5. The average Bonchev–Trinajstić information content (AvgIpc) is 3.50. The zero-order valence-corrected chi connectivity index (χ0v) is 27.9. The van der Waals surface area contributed by atoms with Crippen molar-refractivity contribution in [2.45, 2.75) is 62.3 Å². The lowest BCUT2D eigenvalue weighted by molar-refractivity contribution is 0.985. The lowest BCUT2D eigenvalue weighted by Gasteiger charge is -2.20. The molecule has 0 unspecified atom stereocenters. The SMILES string of the molecule is Cc1cc(C)cc(-c2cc(C)c(-n3c(C)cnc3-c3cc(C)c(-n4c5ccccc5c5cc(C)c(C)cc54)c(C)c3)c(C)c2)c1. The fourth-order valence-corrected chi connectivity index (χ4v) is 7.45. The van der Waals surface area contributed by atoms with E-state index in [1.807, 2.05) is 6.20 Å². The van der Waals surface area contributed by atoms with Crippen LogP contribution in [0.1, 0.15) is 50.2 Å². The van der Waals surface area contributed by atoms with Crippen LogP contribution >= 0.6 is 0 Å². The zero-order valence-electron chi connectivity index (χ0n) is 27.9. The van der Waals surface area contributed by atoms with Gasteiger partial charge in [0, 0.05) is 28.2 Å². The molecular formula is C42H41N3. The molecule has 0 aliphatic rings. The highest BCUT2D eigenvalue weighted by atomic mass is 15.1. The summed E-state index contributed by atoms with van der Waals surface area (Å²) in [5.41, 5.74) is 19.9. The van der Waals surface area contributed by atoms with Gasteiger partial charge in [-0.05, 0) is 149 Å². The van der Waals surface area contributed by atoms with Gasteiger partial charge in [0.15, 0.2) is 0 Å². The van der Waals surface area contributed by atoms with Gasteiger partial charge in [-0.2, -0.15) is 0 Å². The van der Waals surface area contributed by atoms with Crippen LogP contribution in [0.25, 0.3) is 55.7 Å². The number of nitrogens with zero attached hydrogens (tertiary/aromatic N) is 3. The number of para-hydroxylation sites is 1. The van der Waals surface area contributed by atoms with Crippen LogP contribution in [0.3, 0.4) is 0 Å². The van der Waals surface area contributed by atoms with Crippen LogP contribution in [0.2, 0.25) is 0 Å². The Hall–Kier alpha value is -4.89. The van der Waals surface area contributed by atoms with Crippen molar-refractivity contribution in [2.75, 3.05) is 0 Å². The third-order valence-corrected chi connectivity index (χ3v) is 9.47. The van der Waals surface area contributed by atoms with Gasteiger partial charge >= 0.3 is 0 Å². The Labute approximate surface area is 266 Å². The molecule has 0 bridgehead atoms. The number of aromatic nitrogens is 3. The maximum Gasteiger partial charge on any atom is 0.144 e. The Morgan fingerprint density at radius 2 is 0.978 bits per heavy atom. The molecule has 5 aromatic carbocycles. The first-order valence-corrected chi connectivity index (χ1v) is 15.9. The topological polar surface area (TPSA) is 22.8 Å². The van der Waals surface area contributed by atoms with E-state index in [1.54, 1.807) is 0 Å². The maximum absolute atomic E-state index is 5.00. The van der Waals surface area contributed by atoms with Crippen LogP contribution in [-0.2, 0) is 0 Å². The number of aryl methyl sites for hydroxylation is 9. The van der Waals surface area contributed by atoms with E-state index < -0.39 is 0 Å². The molecule has 0 N–H and O–H groups in total. The second-order valence-corrected chi connectivity index (χ2v) is 13.2. The van der Waals surface area contributed by atoms with Crippen LogP contribution in [0, 0.1) is 62.3 Å². The molecule has 0 fully saturated rings. The molecule has 0 aliphatic heterocycles. The molecule has 7 aromatic rings. The monoisotopic (exact) mass is 587 g/mol. The van der Waals surface area contributed by atoms with Crippen molar-refractivity contribution in [2.24, 2.45) is 0 Å². The number of hydrogen-bond acceptors (Lipinski definition) is 1. The first kappa shape index (κ1) is 28.9. The second kappa shape index (κ2) is 10.6. The van der Waals surface area contributed by atoms with Crippen molar-refractivity contribution in [3.05, 3.63) is 135 Å². The number of benzene rings is 5. The third kappa shape index (κ3) is 4.69. The number of rotatable bonds is 4. The number of hydrogen-bond donors (Lipinski definition) is 0. The van der Waals surface area contributed by atoms with E-state index in [2.05, 4.69) is 150 Å². The highest BCUT2D eigenvalue weighted by Crippen LogP contribution is 2.38. The molecule has 0 amide bonds. The molecule has 2 aromatic heterocycles. The van der Waals surface area contributed by atoms with Crippen LogP contribution in [0.4, 0.5) is 0 Å². The lowest BCUT2D eigenvalue weighted by atomic mass is 9.96. The van der Waals surface area contributed by atoms with E-state index in [4.69, 9.17) is 4.98 Å². The van der Waals surface area contributed by atoms with Gasteiger partial charge in [0.2, 0.25) is 0 Å². The standard InChI is InChI=1S/C42H41N3/c1-24-14-25(2)16-33(15-24)34-17-28(5)40(29(6)18-34)44-32(9)23-43-42(44)35-19-30(7)41(31(8)20-35)45-38-13-11-10-12-36(38)37-21-26(3)27(4)22-39(37)45/h10-23H,1-9H3. The Morgan fingerprint density at radius 3 is 1.62 bits per heavy atom. The quantitative estimate of drug-likeness (QED) is 0.201. The van der Waals surface area contributed by atoms with Gasteiger partial charge < -0.3 is 4.57 Å². The van der Waals surface area contributed by atoms with Gasteiger partial charge in [-0.1, -0.05) is 47.5 Å². The average molecular weight is 588 g/mol. The minimum absolute atomic E-state index is 0.976. The van der Waals surface area contributed by atoms with Gasteiger partial charge in [0.1, 0.15) is 5.82 Å². The molecule has 7 rings (SSSR count). The zero-order chi connectivity index (χ0) is 31.7. The molecule has 45 heavy (non-hydrogen) atoms. The summed E-state index contributed by atoms with van der Waals surface area (Å²) in [6.45, 7) is 19.8. The molecule has 3 nitrogen and oxygen atoms in total. The van der Waals surface area contributed by atoms with Crippen molar-refractivity contribution in [3.63, 3.8) is 0 Å². The van der Waals surface area contributed by atoms with Gasteiger partial charge in [0.05, 0.1) is 22.4 Å². The maximum atomic E-state index is 5.00. The van der Waals surface area contributed by atoms with E-state index in [0.29, 0.717) is 0 Å². The first-order chi connectivity index (χ1) is 21.5. The molecule has 0 aliphatic carbocycles. The van der Waals surface area contributed by atoms with Crippen LogP contribution < -0.4 is 0 Å². The third-order valence-electron chi connectivity index (χ3n) is 9.47. The van der Waals surface area contributed by atoms with E-state index in [1.165, 1.54) is 88.8 Å². The van der Waals surface area contributed by atoms with Crippen molar-refractivity contribution in [3.8, 4) is 33.9 Å². The molecule has 0 saturated heterocycles. The summed E-state index contributed by atoms with van der Waals surface area (Å²) < 4.78 is 4.81. The minimum Gasteiger partial charge on any atom is -0.309 e. The largest absolute Gasteiger partial charge is 0.309 e. The Morgan fingerprint density at radius 1 is 0.444 bits per heavy atom. The summed E-state index contributed by atoms with van der Waals surface area (Å²) in [6.07, 6.45) is 2.00. The molecule has 0 atom stereocenters. The van der Waals surface area contributed by atoms with Crippen LogP contribution in [-0.4, -0.2) is 14.1 Å². The molecular weight excluding hydrogens is 546 g/mol. The summed E-state index contributed by atoms with van der Waals surface area (Å²) >= 11 is 0. The van der Waals surface area contributed by atoms with Crippen molar-refractivity contribution in [1.29, 1.82) is 0 Å². The summed E-state index contributed by atoms with van der Waals surface area (Å²) in [7, 11) is 0. The normalized spacial score (nSPS) is 11.7. The Kier molecular flexibility index (Phi) is 6.81. The highest BCUT2D eigenvalue weighted by Gasteiger charge is 2.20. The molecule has 3 heteroatoms. The molecule has 2 heterocycles. The molecule has 224 valence electrons. The van der Waals surface area contributed by atoms with Crippen molar-refractivity contribution >= 4 is 21.8 Å². The van der Waals surface area contributed by atoms with E-state index in [-0.39, 0.29) is 0 Å². The Bertz CT molecular complexity index is 2240. The van der Waals surface area contributed by atoms with Gasteiger partial charge in [-0.25, -0.2) is 4.98 Å². The summed E-state index contributed by atoms with van der Waals surface area (Å²) in [5.74, 6) is 0.976. The highest BCUT2D eigenvalue weighted by molar-refractivity contribution is 6.10. The van der Waals surface area contributed by atoms with Gasteiger partial charge in [-0.15, -0.1) is 0 Å². The molecule has 0 radical (unpaired) electrons. The minimum atomic E-state index is 0.976. The van der Waals surface area contributed by atoms with E-state index in [9.17, 15) is 0 Å². The smallest absolute Gasteiger partial charge is 0.144 e. The summed E-state index contributed by atoms with van der Waals surface area (Å²) in [5, 5.41) is 2.60. The van der Waals surface area contributed by atoms with Crippen molar-refractivity contribution < 1.29 is 0 Å². The molecule has 0 saturated carbocycles. The van der Waals surface area contributed by atoms with Gasteiger partial charge in [-0.3, -0.25) is 4.57 Å². The lowest BCUT2D eigenvalue weighted by Crippen LogP contribution is -2.06. The van der Waals surface area contributed by atoms with E-state index in [0.717, 1.165) is 17.1 Å². The van der Waals surface area contributed by atoms with Gasteiger partial charge in [0.25, 0.3) is 0 Å². The predicted molar refractivity (Wildman–Crippen MR) is 191 cm³/mol. The summed E-state index contributed by atoms with van der Waals surface area (Å²) in [4.78, 5) is 5.00. The van der Waals surface area contributed by atoms with E-state index >= 15 is 0 Å². The molecule has 0 spiro atoms. The number of imidazole rings is 1. The Balaban J connectivity index is 1.39. The van der Waals surface area contributed by atoms with Crippen molar-refractivity contribution in [1.82, 2.24) is 14.1 Å². The fourth-order valence-electron chi connectivity index (χ4n) is 7.45.